The van der Waals surface area contributed by atoms with Crippen LogP contribution in [0.25, 0.3) is 0 Å². The fourth-order valence-electron chi connectivity index (χ4n) is 3.69. The zero-order valence-corrected chi connectivity index (χ0v) is 17.1. The van der Waals surface area contributed by atoms with Crippen LogP contribution in [0.1, 0.15) is 35.7 Å². The molecule has 3 rings (SSSR count). The minimum absolute atomic E-state index is 0.185. The summed E-state index contributed by atoms with van der Waals surface area (Å²) in [6.45, 7) is 5.07. The molecule has 2 aromatic rings. The van der Waals surface area contributed by atoms with E-state index < -0.39 is 0 Å². The Bertz CT molecular complexity index is 674. The topological polar surface area (TPSA) is 35.6 Å². The van der Waals surface area contributed by atoms with Gasteiger partial charge in [0.1, 0.15) is 0 Å². The Morgan fingerprint density at radius 2 is 2.00 bits per heavy atom. The Labute approximate surface area is 167 Å². The van der Waals surface area contributed by atoms with Crippen molar-refractivity contribution in [2.24, 2.45) is 0 Å². The van der Waals surface area contributed by atoms with Crippen LogP contribution in [0.5, 0.6) is 0 Å². The van der Waals surface area contributed by atoms with E-state index in [0.717, 1.165) is 52.0 Å². The second-order valence-corrected chi connectivity index (χ2v) is 8.39. The molecule has 1 atom stereocenters. The minimum atomic E-state index is 0.185. The molecule has 0 saturated carbocycles. The molecule has 0 spiro atoms. The largest absolute Gasteiger partial charge is 0.356 e. The maximum Gasteiger partial charge on any atom is 0.220 e. The summed E-state index contributed by atoms with van der Waals surface area (Å²) >= 11 is 1.77. The van der Waals surface area contributed by atoms with E-state index in [1.54, 1.807) is 11.3 Å². The maximum atomic E-state index is 12.0. The zero-order valence-electron chi connectivity index (χ0n) is 16.3. The third kappa shape index (κ3) is 6.45. The molecular weight excluding hydrogens is 354 g/mol. The first-order chi connectivity index (χ1) is 13.2. The van der Waals surface area contributed by atoms with Crippen LogP contribution in [0.15, 0.2) is 47.8 Å². The van der Waals surface area contributed by atoms with Crippen molar-refractivity contribution >= 4 is 17.2 Å². The lowest BCUT2D eigenvalue weighted by Gasteiger charge is -2.40. The third-order valence-corrected chi connectivity index (χ3v) is 6.17. The predicted molar refractivity (Wildman–Crippen MR) is 113 cm³/mol. The molecule has 1 aromatic carbocycles. The molecule has 1 amide bonds. The Balaban J connectivity index is 1.36. The van der Waals surface area contributed by atoms with Crippen LogP contribution >= 0.6 is 11.3 Å². The molecule has 1 aliphatic heterocycles. The van der Waals surface area contributed by atoms with Gasteiger partial charge in [-0.25, -0.2) is 0 Å². The van der Waals surface area contributed by atoms with Crippen molar-refractivity contribution in [1.29, 1.82) is 0 Å². The van der Waals surface area contributed by atoms with Crippen molar-refractivity contribution in [2.45, 2.75) is 31.7 Å². The van der Waals surface area contributed by atoms with E-state index in [-0.39, 0.29) is 5.91 Å². The number of amides is 1. The summed E-state index contributed by atoms with van der Waals surface area (Å²) < 4.78 is 0. The van der Waals surface area contributed by atoms with Crippen LogP contribution in [-0.4, -0.2) is 55.5 Å². The number of aryl methyl sites for hydroxylation is 1. The summed E-state index contributed by atoms with van der Waals surface area (Å²) in [6.07, 6.45) is 3.56. The number of benzene rings is 1. The van der Waals surface area contributed by atoms with Crippen LogP contribution in [-0.2, 0) is 11.2 Å². The molecule has 2 heterocycles. The molecule has 27 heavy (non-hydrogen) atoms. The van der Waals surface area contributed by atoms with Gasteiger partial charge in [-0.2, -0.15) is 0 Å². The van der Waals surface area contributed by atoms with E-state index in [2.05, 4.69) is 70.0 Å². The van der Waals surface area contributed by atoms with E-state index in [1.165, 1.54) is 10.4 Å². The first-order valence-electron chi connectivity index (χ1n) is 9.99. The third-order valence-electron chi connectivity index (χ3n) is 5.23. The van der Waals surface area contributed by atoms with Crippen LogP contribution < -0.4 is 5.32 Å². The molecule has 1 saturated heterocycles. The minimum Gasteiger partial charge on any atom is -0.356 e. The molecule has 146 valence electrons. The van der Waals surface area contributed by atoms with Gasteiger partial charge in [0.15, 0.2) is 0 Å². The molecule has 0 radical (unpaired) electrons. The van der Waals surface area contributed by atoms with Crippen LogP contribution in [0, 0.1) is 0 Å². The van der Waals surface area contributed by atoms with Crippen LogP contribution in [0.2, 0.25) is 0 Å². The molecule has 4 nitrogen and oxygen atoms in total. The first-order valence-corrected chi connectivity index (χ1v) is 10.9. The quantitative estimate of drug-likeness (QED) is 0.671. The lowest BCUT2D eigenvalue weighted by molar-refractivity contribution is -0.121. The van der Waals surface area contributed by atoms with Crippen LogP contribution in [0.3, 0.4) is 0 Å². The number of hydrogen-bond donors (Lipinski definition) is 1. The first kappa shape index (κ1) is 20.1. The number of likely N-dealkylation sites (N-methyl/N-ethyl adjacent to an activating group) is 1. The second kappa shape index (κ2) is 10.6. The summed E-state index contributed by atoms with van der Waals surface area (Å²) in [5, 5.41) is 5.19. The molecule has 0 aliphatic carbocycles. The highest BCUT2D eigenvalue weighted by Crippen LogP contribution is 2.24. The summed E-state index contributed by atoms with van der Waals surface area (Å²) in [5.41, 5.74) is 1.39. The molecular formula is C22H31N3OS. The molecule has 1 aliphatic rings. The van der Waals surface area contributed by atoms with Gasteiger partial charge < -0.3 is 10.2 Å². The lowest BCUT2D eigenvalue weighted by atomic mass is 10.0. The van der Waals surface area contributed by atoms with E-state index >= 15 is 0 Å². The Morgan fingerprint density at radius 3 is 2.78 bits per heavy atom. The van der Waals surface area contributed by atoms with Gasteiger partial charge in [0.05, 0.1) is 0 Å². The van der Waals surface area contributed by atoms with Gasteiger partial charge in [0, 0.05) is 50.1 Å². The molecule has 1 fully saturated rings. The molecule has 0 unspecified atom stereocenters. The standard InChI is InChI=1S/C22H31N3OS/c1-24-15-16-25(21(18-24)19-8-3-2-4-9-19)14-7-13-23-22(26)12-5-10-20-11-6-17-27-20/h2-4,6,8-9,11,17,21H,5,7,10,12-16,18H2,1H3,(H,23,26)/t21-/m1/s1. The van der Waals surface area contributed by atoms with Crippen molar-refractivity contribution in [1.82, 2.24) is 15.1 Å². The second-order valence-electron chi connectivity index (χ2n) is 7.36. The molecule has 1 aromatic heterocycles. The number of nitrogens with one attached hydrogen (secondary N) is 1. The molecule has 5 heteroatoms. The van der Waals surface area contributed by atoms with Gasteiger partial charge in [-0.1, -0.05) is 36.4 Å². The fourth-order valence-corrected chi connectivity index (χ4v) is 4.44. The summed E-state index contributed by atoms with van der Waals surface area (Å²) in [4.78, 5) is 18.4. The van der Waals surface area contributed by atoms with E-state index in [0.29, 0.717) is 12.5 Å². The SMILES string of the molecule is CN1CCN(CCCNC(=O)CCCc2cccs2)[C@@H](c2ccccc2)C1. The highest BCUT2D eigenvalue weighted by molar-refractivity contribution is 7.09. The highest BCUT2D eigenvalue weighted by atomic mass is 32.1. The maximum absolute atomic E-state index is 12.0. The monoisotopic (exact) mass is 385 g/mol. The Morgan fingerprint density at radius 1 is 1.15 bits per heavy atom. The number of rotatable bonds is 9. The average molecular weight is 386 g/mol. The van der Waals surface area contributed by atoms with Gasteiger partial charge in [0.2, 0.25) is 5.91 Å². The molecule has 1 N–H and O–H groups in total. The molecule has 0 bridgehead atoms. The lowest BCUT2D eigenvalue weighted by Crippen LogP contribution is -2.47. The van der Waals surface area contributed by atoms with E-state index in [4.69, 9.17) is 0 Å². The number of carbonyl (C=O) groups excluding carboxylic acids is 1. The van der Waals surface area contributed by atoms with Gasteiger partial charge in [-0.3, -0.25) is 9.69 Å². The van der Waals surface area contributed by atoms with Gasteiger partial charge in [-0.15, -0.1) is 11.3 Å². The zero-order chi connectivity index (χ0) is 18.9. The van der Waals surface area contributed by atoms with Crippen molar-refractivity contribution in [3.8, 4) is 0 Å². The Kier molecular flexibility index (Phi) is 7.87. The van der Waals surface area contributed by atoms with Crippen LogP contribution in [0.4, 0.5) is 0 Å². The summed E-state index contributed by atoms with van der Waals surface area (Å²) in [7, 11) is 2.20. The smallest absolute Gasteiger partial charge is 0.220 e. The van der Waals surface area contributed by atoms with Crippen molar-refractivity contribution in [3.63, 3.8) is 0 Å². The summed E-state index contributed by atoms with van der Waals surface area (Å²) in [6, 6.07) is 15.4. The number of carbonyl (C=O) groups is 1. The summed E-state index contributed by atoms with van der Waals surface area (Å²) in [5.74, 6) is 0.185. The predicted octanol–water partition coefficient (Wildman–Crippen LogP) is 3.57. The number of thiophene rings is 1. The van der Waals surface area contributed by atoms with Crippen molar-refractivity contribution < 1.29 is 4.79 Å². The number of piperazine rings is 1. The van der Waals surface area contributed by atoms with Gasteiger partial charge in [-0.05, 0) is 43.3 Å². The number of hydrogen-bond acceptors (Lipinski definition) is 4. The van der Waals surface area contributed by atoms with Crippen molar-refractivity contribution in [2.75, 3.05) is 39.8 Å². The normalized spacial score (nSPS) is 18.5. The Hall–Kier alpha value is -1.69. The average Bonchev–Trinajstić information content (AvgIpc) is 3.20. The van der Waals surface area contributed by atoms with Crippen molar-refractivity contribution in [3.05, 3.63) is 58.3 Å². The van der Waals surface area contributed by atoms with Gasteiger partial charge >= 0.3 is 0 Å². The fraction of sp³-hybridized carbons (Fsp3) is 0.500. The highest BCUT2D eigenvalue weighted by Gasteiger charge is 2.25. The number of nitrogens with zero attached hydrogens (tertiary/aromatic N) is 2. The van der Waals surface area contributed by atoms with Gasteiger partial charge in [0.25, 0.3) is 0 Å². The van der Waals surface area contributed by atoms with E-state index in [1.807, 2.05) is 0 Å². The van der Waals surface area contributed by atoms with E-state index in [9.17, 15) is 4.79 Å².